The largest absolute Gasteiger partial charge is 0.388 e. The van der Waals surface area contributed by atoms with E-state index >= 15 is 0 Å². The van der Waals surface area contributed by atoms with Crippen molar-refractivity contribution in [1.82, 2.24) is 5.32 Å². The highest BCUT2D eigenvalue weighted by atomic mass is 79.9. The molecule has 0 saturated carbocycles. The van der Waals surface area contributed by atoms with Crippen LogP contribution in [0.5, 0.6) is 0 Å². The molecule has 1 aliphatic heterocycles. The van der Waals surface area contributed by atoms with Crippen molar-refractivity contribution in [1.29, 1.82) is 0 Å². The minimum atomic E-state index is -0.485. The number of rotatable bonds is 3. The summed E-state index contributed by atoms with van der Waals surface area (Å²) in [5, 5.41) is 14.4. The highest BCUT2D eigenvalue weighted by molar-refractivity contribution is 9.10. The third-order valence-electron chi connectivity index (χ3n) is 3.49. The average molecular weight is 333 g/mol. The summed E-state index contributed by atoms with van der Waals surface area (Å²) < 4.78 is 0.941. The molecule has 0 bridgehead atoms. The number of nitrogens with one attached hydrogen (secondary N) is 1. The Morgan fingerprint density at radius 3 is 3.00 bits per heavy atom. The lowest BCUT2D eigenvalue weighted by Crippen LogP contribution is -2.29. The van der Waals surface area contributed by atoms with Gasteiger partial charge in [-0.15, -0.1) is 0 Å². The maximum Gasteiger partial charge on any atom is 0.0819 e. The second kappa shape index (κ2) is 6.90. The molecule has 2 nitrogen and oxygen atoms in total. The van der Waals surface area contributed by atoms with Crippen LogP contribution in [0.25, 0.3) is 0 Å². The molecule has 1 aliphatic rings. The monoisotopic (exact) mass is 331 g/mol. The van der Waals surface area contributed by atoms with Crippen LogP contribution in [0.15, 0.2) is 22.7 Å². The van der Waals surface area contributed by atoms with E-state index < -0.39 is 6.10 Å². The van der Waals surface area contributed by atoms with Gasteiger partial charge in [0.15, 0.2) is 0 Å². The fraction of sp³-hybridized carbons (Fsp3) is 0.571. The molecule has 2 unspecified atom stereocenters. The Morgan fingerprint density at radius 2 is 2.22 bits per heavy atom. The van der Waals surface area contributed by atoms with Crippen LogP contribution in [-0.2, 0) is 0 Å². The van der Waals surface area contributed by atoms with Crippen LogP contribution >= 0.6 is 27.5 Å². The molecule has 1 aromatic carbocycles. The van der Waals surface area contributed by atoms with Crippen molar-refractivity contribution in [2.24, 2.45) is 0 Å². The van der Waals surface area contributed by atoms with Crippen LogP contribution in [0.3, 0.4) is 0 Å². The minimum absolute atomic E-state index is 0.405. The predicted molar refractivity (Wildman–Crippen MR) is 79.0 cm³/mol. The molecule has 2 N–H and O–H groups in total. The number of halogens is 2. The van der Waals surface area contributed by atoms with E-state index in [1.807, 2.05) is 18.2 Å². The van der Waals surface area contributed by atoms with Crippen molar-refractivity contribution in [2.75, 3.05) is 6.54 Å². The predicted octanol–water partition coefficient (Wildman–Crippen LogP) is 4.06. The van der Waals surface area contributed by atoms with Crippen LogP contribution in [-0.4, -0.2) is 17.7 Å². The first-order chi connectivity index (χ1) is 8.66. The maximum atomic E-state index is 10.3. The van der Waals surface area contributed by atoms with E-state index in [0.29, 0.717) is 11.1 Å². The first-order valence-corrected chi connectivity index (χ1v) is 7.70. The molecule has 18 heavy (non-hydrogen) atoms. The summed E-state index contributed by atoms with van der Waals surface area (Å²) in [6.45, 7) is 1.06. The molecule has 1 aromatic rings. The third kappa shape index (κ3) is 3.95. The SMILES string of the molecule is OC(CC1CCCCCN1)c1ccc(Br)cc1Cl. The van der Waals surface area contributed by atoms with Crippen LogP contribution in [0, 0.1) is 0 Å². The molecular formula is C14H19BrClNO. The lowest BCUT2D eigenvalue weighted by atomic mass is 9.99. The van der Waals surface area contributed by atoms with Gasteiger partial charge in [-0.25, -0.2) is 0 Å². The Balaban J connectivity index is 1.99. The van der Waals surface area contributed by atoms with E-state index in [1.54, 1.807) is 0 Å². The quantitative estimate of drug-likeness (QED) is 0.875. The lowest BCUT2D eigenvalue weighted by Gasteiger charge is -2.20. The van der Waals surface area contributed by atoms with Crippen molar-refractivity contribution in [3.63, 3.8) is 0 Å². The summed E-state index contributed by atoms with van der Waals surface area (Å²) in [6.07, 6.45) is 5.18. The van der Waals surface area contributed by atoms with Crippen molar-refractivity contribution < 1.29 is 5.11 Å². The average Bonchev–Trinajstić information content (AvgIpc) is 2.57. The zero-order valence-electron chi connectivity index (χ0n) is 10.3. The number of hydrogen-bond acceptors (Lipinski definition) is 2. The fourth-order valence-corrected chi connectivity index (χ4v) is 3.27. The molecule has 1 saturated heterocycles. The Labute approximate surface area is 122 Å². The van der Waals surface area contributed by atoms with E-state index in [0.717, 1.165) is 29.4 Å². The van der Waals surface area contributed by atoms with Gasteiger partial charge in [0.1, 0.15) is 0 Å². The van der Waals surface area contributed by atoms with Gasteiger partial charge in [-0.1, -0.05) is 46.4 Å². The van der Waals surface area contributed by atoms with Gasteiger partial charge in [-0.3, -0.25) is 0 Å². The topological polar surface area (TPSA) is 32.3 Å². The Morgan fingerprint density at radius 1 is 1.39 bits per heavy atom. The minimum Gasteiger partial charge on any atom is -0.388 e. The van der Waals surface area contributed by atoms with Crippen molar-refractivity contribution in [3.8, 4) is 0 Å². The van der Waals surface area contributed by atoms with E-state index in [4.69, 9.17) is 11.6 Å². The Kier molecular flexibility index (Phi) is 5.49. The van der Waals surface area contributed by atoms with Crippen molar-refractivity contribution >= 4 is 27.5 Å². The van der Waals surface area contributed by atoms with Crippen molar-refractivity contribution in [3.05, 3.63) is 33.3 Å². The number of benzene rings is 1. The van der Waals surface area contributed by atoms with Gasteiger partial charge in [-0.05, 0) is 43.5 Å². The molecular weight excluding hydrogens is 314 g/mol. The molecule has 4 heteroatoms. The molecule has 1 heterocycles. The smallest absolute Gasteiger partial charge is 0.0819 e. The third-order valence-corrected chi connectivity index (χ3v) is 4.31. The summed E-state index contributed by atoms with van der Waals surface area (Å²) in [6, 6.07) is 6.06. The second-order valence-electron chi connectivity index (χ2n) is 4.92. The standard InChI is InChI=1S/C14H19BrClNO/c15-10-5-6-12(13(16)8-10)14(18)9-11-4-2-1-3-7-17-11/h5-6,8,11,14,17-18H,1-4,7,9H2. The molecule has 0 aliphatic carbocycles. The molecule has 100 valence electrons. The zero-order chi connectivity index (χ0) is 13.0. The number of aliphatic hydroxyl groups excluding tert-OH is 1. The van der Waals surface area contributed by atoms with Crippen molar-refractivity contribution in [2.45, 2.75) is 44.2 Å². The molecule has 0 amide bonds. The fourth-order valence-electron chi connectivity index (χ4n) is 2.47. The van der Waals surface area contributed by atoms with Gasteiger partial charge in [0.25, 0.3) is 0 Å². The summed E-state index contributed by atoms with van der Waals surface area (Å²) in [4.78, 5) is 0. The first kappa shape index (κ1) is 14.3. The van der Waals surface area contributed by atoms with E-state index in [1.165, 1.54) is 19.3 Å². The lowest BCUT2D eigenvalue weighted by molar-refractivity contribution is 0.150. The molecule has 2 rings (SSSR count). The van der Waals surface area contributed by atoms with E-state index in [-0.39, 0.29) is 0 Å². The highest BCUT2D eigenvalue weighted by Crippen LogP contribution is 2.29. The van der Waals surface area contributed by atoms with Gasteiger partial charge >= 0.3 is 0 Å². The molecule has 0 aromatic heterocycles. The van der Waals surface area contributed by atoms with Gasteiger partial charge in [0.2, 0.25) is 0 Å². The Hall–Kier alpha value is -0.0900. The molecule has 0 radical (unpaired) electrons. The second-order valence-corrected chi connectivity index (χ2v) is 6.24. The Bertz CT molecular complexity index is 391. The maximum absolute atomic E-state index is 10.3. The number of hydrogen-bond donors (Lipinski definition) is 2. The van der Waals surface area contributed by atoms with Crippen LogP contribution in [0.2, 0.25) is 5.02 Å². The first-order valence-electron chi connectivity index (χ1n) is 6.53. The molecule has 2 atom stereocenters. The van der Waals surface area contributed by atoms with Crippen LogP contribution in [0.1, 0.15) is 43.8 Å². The van der Waals surface area contributed by atoms with Gasteiger partial charge in [0, 0.05) is 15.5 Å². The van der Waals surface area contributed by atoms with Gasteiger partial charge in [0.05, 0.1) is 6.10 Å². The normalized spacial score (nSPS) is 22.5. The van der Waals surface area contributed by atoms with E-state index in [2.05, 4.69) is 21.2 Å². The molecule has 1 fully saturated rings. The highest BCUT2D eigenvalue weighted by Gasteiger charge is 2.19. The molecule has 0 spiro atoms. The number of aliphatic hydroxyl groups is 1. The van der Waals surface area contributed by atoms with Crippen LogP contribution in [0.4, 0.5) is 0 Å². The summed E-state index contributed by atoms with van der Waals surface area (Å²) in [7, 11) is 0. The zero-order valence-corrected chi connectivity index (χ0v) is 12.7. The van der Waals surface area contributed by atoms with Gasteiger partial charge in [-0.2, -0.15) is 0 Å². The van der Waals surface area contributed by atoms with E-state index in [9.17, 15) is 5.11 Å². The van der Waals surface area contributed by atoms with Crippen LogP contribution < -0.4 is 5.32 Å². The van der Waals surface area contributed by atoms with Gasteiger partial charge < -0.3 is 10.4 Å². The summed E-state index contributed by atoms with van der Waals surface area (Å²) in [5.41, 5.74) is 0.825. The summed E-state index contributed by atoms with van der Waals surface area (Å²) >= 11 is 9.54. The summed E-state index contributed by atoms with van der Waals surface area (Å²) in [5.74, 6) is 0.